The fourth-order valence-electron chi connectivity index (χ4n) is 8.07. The van der Waals surface area contributed by atoms with Crippen LogP contribution in [0.4, 0.5) is 0 Å². The first kappa shape index (κ1) is 23.1. The maximum Gasteiger partial charge on any atom is 0.226 e. The number of hydrogen-bond acceptors (Lipinski definition) is 2. The Morgan fingerprint density at radius 2 is 1.81 bits per heavy atom. The summed E-state index contributed by atoms with van der Waals surface area (Å²) in [5.74, 6) is 2.26. The number of allylic oxidation sites excluding steroid dienone is 5. The Labute approximate surface area is 193 Å². The SMILES string of the molecule is C=C(/C=C\C=C/C)[C@]12CC3CC(C(=O)N[C@H]4CC[C@H](CN)CC4)(C[C@](CCCl)(C3)C1)C2. The van der Waals surface area contributed by atoms with Gasteiger partial charge in [-0.15, -0.1) is 11.6 Å². The summed E-state index contributed by atoms with van der Waals surface area (Å²) in [6.45, 7) is 7.35. The molecule has 1 amide bonds. The molecule has 0 aromatic rings. The smallest absolute Gasteiger partial charge is 0.226 e. The predicted octanol–water partition coefficient (Wildman–Crippen LogP) is 5.89. The van der Waals surface area contributed by atoms with E-state index in [1.807, 2.05) is 13.0 Å². The van der Waals surface area contributed by atoms with Crippen LogP contribution in [-0.4, -0.2) is 24.4 Å². The molecule has 5 aliphatic rings. The summed E-state index contributed by atoms with van der Waals surface area (Å²) in [6, 6.07) is 0.320. The number of alkyl halides is 1. The van der Waals surface area contributed by atoms with E-state index in [-0.39, 0.29) is 16.2 Å². The predicted molar refractivity (Wildman–Crippen MR) is 130 cm³/mol. The second-order valence-electron chi connectivity index (χ2n) is 11.3. The van der Waals surface area contributed by atoms with Gasteiger partial charge in [0, 0.05) is 11.9 Å². The Hall–Kier alpha value is -1.06. The highest BCUT2D eigenvalue weighted by Crippen LogP contribution is 2.72. The van der Waals surface area contributed by atoms with Gasteiger partial charge in [0.05, 0.1) is 5.41 Å². The highest BCUT2D eigenvalue weighted by Gasteiger charge is 2.65. The minimum atomic E-state index is -0.242. The molecule has 5 rings (SSSR count). The maximum atomic E-state index is 13.9. The molecular formula is C27H41ClN2O. The minimum Gasteiger partial charge on any atom is -0.353 e. The molecule has 5 saturated carbocycles. The second kappa shape index (κ2) is 9.06. The van der Waals surface area contributed by atoms with E-state index >= 15 is 0 Å². The van der Waals surface area contributed by atoms with Crippen molar-refractivity contribution in [2.24, 2.45) is 33.8 Å². The quantitative estimate of drug-likeness (QED) is 0.362. The van der Waals surface area contributed by atoms with Crippen LogP contribution < -0.4 is 11.1 Å². The van der Waals surface area contributed by atoms with E-state index in [9.17, 15) is 4.79 Å². The van der Waals surface area contributed by atoms with Crippen LogP contribution in [0, 0.1) is 28.1 Å². The molecule has 172 valence electrons. The fraction of sp³-hybridized carbons (Fsp3) is 0.741. The lowest BCUT2D eigenvalue weighted by Gasteiger charge is -2.66. The Balaban J connectivity index is 1.57. The average Bonchev–Trinajstić information content (AvgIpc) is 2.73. The van der Waals surface area contributed by atoms with Gasteiger partial charge in [-0.1, -0.05) is 30.9 Å². The maximum absolute atomic E-state index is 13.9. The lowest BCUT2D eigenvalue weighted by atomic mass is 9.37. The van der Waals surface area contributed by atoms with Gasteiger partial charge in [-0.05, 0) is 112 Å². The number of rotatable bonds is 8. The van der Waals surface area contributed by atoms with E-state index in [2.05, 4.69) is 30.1 Å². The molecular weight excluding hydrogens is 404 g/mol. The highest BCUT2D eigenvalue weighted by atomic mass is 35.5. The lowest BCUT2D eigenvalue weighted by Crippen LogP contribution is -2.62. The largest absolute Gasteiger partial charge is 0.353 e. The fourth-order valence-corrected chi connectivity index (χ4v) is 8.47. The first-order valence-corrected chi connectivity index (χ1v) is 13.0. The highest BCUT2D eigenvalue weighted by molar-refractivity contribution is 6.17. The molecule has 5 fully saturated rings. The molecule has 0 aliphatic heterocycles. The van der Waals surface area contributed by atoms with Crippen LogP contribution in [0.3, 0.4) is 0 Å². The average molecular weight is 445 g/mol. The molecule has 4 heteroatoms. The molecule has 0 saturated heterocycles. The van der Waals surface area contributed by atoms with Crippen LogP contribution in [0.2, 0.25) is 0 Å². The third kappa shape index (κ3) is 4.42. The summed E-state index contributed by atoms with van der Waals surface area (Å²) in [5.41, 5.74) is 7.10. The molecule has 0 spiro atoms. The molecule has 0 heterocycles. The van der Waals surface area contributed by atoms with E-state index in [1.165, 1.54) is 18.4 Å². The minimum absolute atomic E-state index is 0.0537. The first-order valence-electron chi connectivity index (χ1n) is 12.4. The van der Waals surface area contributed by atoms with E-state index in [0.29, 0.717) is 29.7 Å². The summed E-state index contributed by atoms with van der Waals surface area (Å²) in [6.07, 6.45) is 20.5. The van der Waals surface area contributed by atoms with Crippen molar-refractivity contribution in [1.29, 1.82) is 0 Å². The number of halogens is 1. The third-order valence-corrected chi connectivity index (χ3v) is 9.28. The third-order valence-electron chi connectivity index (χ3n) is 9.09. The van der Waals surface area contributed by atoms with Crippen molar-refractivity contribution in [2.45, 2.75) is 83.6 Å². The summed E-state index contributed by atoms with van der Waals surface area (Å²) < 4.78 is 0. The van der Waals surface area contributed by atoms with Crippen LogP contribution in [-0.2, 0) is 4.79 Å². The monoisotopic (exact) mass is 444 g/mol. The molecule has 4 bridgehead atoms. The van der Waals surface area contributed by atoms with E-state index in [0.717, 1.165) is 64.3 Å². The summed E-state index contributed by atoms with van der Waals surface area (Å²) >= 11 is 6.32. The molecule has 3 nitrogen and oxygen atoms in total. The van der Waals surface area contributed by atoms with Gasteiger partial charge in [0.15, 0.2) is 0 Å². The van der Waals surface area contributed by atoms with Crippen molar-refractivity contribution in [1.82, 2.24) is 5.32 Å². The van der Waals surface area contributed by atoms with Crippen LogP contribution in [0.1, 0.15) is 77.6 Å². The number of carbonyl (C=O) groups is 1. The first-order chi connectivity index (χ1) is 14.9. The molecule has 2 unspecified atom stereocenters. The van der Waals surface area contributed by atoms with Gasteiger partial charge < -0.3 is 11.1 Å². The van der Waals surface area contributed by atoms with Crippen molar-refractivity contribution < 1.29 is 4.79 Å². The molecule has 31 heavy (non-hydrogen) atoms. The summed E-state index contributed by atoms with van der Waals surface area (Å²) in [5, 5.41) is 3.52. The normalized spacial score (nSPS) is 41.8. The molecule has 4 atom stereocenters. The lowest BCUT2D eigenvalue weighted by molar-refractivity contribution is -0.170. The Morgan fingerprint density at radius 3 is 2.48 bits per heavy atom. The number of hydrogen-bond donors (Lipinski definition) is 2. The van der Waals surface area contributed by atoms with Gasteiger partial charge >= 0.3 is 0 Å². The van der Waals surface area contributed by atoms with Crippen molar-refractivity contribution in [3.8, 4) is 0 Å². The van der Waals surface area contributed by atoms with Gasteiger partial charge in [0.1, 0.15) is 0 Å². The molecule has 5 aliphatic carbocycles. The summed E-state index contributed by atoms with van der Waals surface area (Å²) in [7, 11) is 0. The van der Waals surface area contributed by atoms with Gasteiger partial charge in [-0.3, -0.25) is 4.79 Å². The zero-order chi connectivity index (χ0) is 22.1. The Bertz CT molecular complexity index is 752. The van der Waals surface area contributed by atoms with Crippen molar-refractivity contribution in [3.63, 3.8) is 0 Å². The van der Waals surface area contributed by atoms with Crippen molar-refractivity contribution in [3.05, 3.63) is 36.5 Å². The van der Waals surface area contributed by atoms with Crippen LogP contribution in [0.15, 0.2) is 36.5 Å². The molecule has 0 aromatic carbocycles. The van der Waals surface area contributed by atoms with E-state index < -0.39 is 0 Å². The molecule has 0 radical (unpaired) electrons. The number of amides is 1. The zero-order valence-corrected chi connectivity index (χ0v) is 20.1. The molecule has 3 N–H and O–H groups in total. The Kier molecular flexibility index (Phi) is 6.75. The van der Waals surface area contributed by atoms with Crippen molar-refractivity contribution in [2.75, 3.05) is 12.4 Å². The van der Waals surface area contributed by atoms with E-state index in [4.69, 9.17) is 17.3 Å². The summed E-state index contributed by atoms with van der Waals surface area (Å²) in [4.78, 5) is 13.9. The van der Waals surface area contributed by atoms with Crippen LogP contribution in [0.25, 0.3) is 0 Å². The van der Waals surface area contributed by atoms with Crippen molar-refractivity contribution >= 4 is 17.5 Å². The van der Waals surface area contributed by atoms with Gasteiger partial charge in [0.25, 0.3) is 0 Å². The van der Waals surface area contributed by atoms with Crippen LogP contribution >= 0.6 is 11.6 Å². The Morgan fingerprint density at radius 1 is 1.10 bits per heavy atom. The number of nitrogens with one attached hydrogen (secondary N) is 1. The van der Waals surface area contributed by atoms with Gasteiger partial charge in [-0.2, -0.15) is 0 Å². The number of nitrogens with two attached hydrogens (primary N) is 1. The molecule has 0 aromatic heterocycles. The van der Waals surface area contributed by atoms with E-state index in [1.54, 1.807) is 0 Å². The second-order valence-corrected chi connectivity index (χ2v) is 11.7. The number of carbonyl (C=O) groups excluding carboxylic acids is 1. The standard InChI is InChI=1S/C27H41ClN2O/c1-3-4-5-6-20(2)26-14-22-13-25(17-26,11-12-28)18-27(15-22,19-26)24(31)30-23-9-7-21(16-29)8-10-23/h3-6,21-23H,2,7-19,29H2,1H3,(H,30,31)/b4-3-,6-5-/t21-,22?,23-,25-,26-,27?/m1/s1. The van der Waals surface area contributed by atoms with Gasteiger partial charge in [0.2, 0.25) is 5.91 Å². The van der Waals surface area contributed by atoms with Crippen LogP contribution in [0.5, 0.6) is 0 Å². The van der Waals surface area contributed by atoms with Gasteiger partial charge in [-0.25, -0.2) is 0 Å². The zero-order valence-electron chi connectivity index (χ0n) is 19.3. The topological polar surface area (TPSA) is 55.1 Å².